The average molecular weight is 207 g/mol. The number of rotatable bonds is 5. The molecule has 1 aromatic rings. The lowest BCUT2D eigenvalue weighted by Crippen LogP contribution is -2.28. The van der Waals surface area contributed by atoms with E-state index in [0.29, 0.717) is 5.92 Å². The minimum atomic E-state index is 0.408. The van der Waals surface area contributed by atoms with Crippen LogP contribution >= 0.6 is 0 Å². The highest BCUT2D eigenvalue weighted by atomic mass is 15.1. The third-order valence-electron chi connectivity index (χ3n) is 2.67. The molecule has 1 rings (SSSR count). The minimum absolute atomic E-state index is 0.408. The maximum Gasteiger partial charge on any atom is 0.132 e. The van der Waals surface area contributed by atoms with Crippen molar-refractivity contribution in [2.45, 2.75) is 33.6 Å². The summed E-state index contributed by atoms with van der Waals surface area (Å²) in [4.78, 5) is 11.1. The standard InChI is InChI=1S/C12H21N3/c1-5-15(6-2)9-11(4)12-13-7-10(3)8-14-12/h7-8,11H,5-6,9H2,1-4H3. The van der Waals surface area contributed by atoms with Crippen molar-refractivity contribution in [2.24, 2.45) is 0 Å². The Morgan fingerprint density at radius 1 is 1.20 bits per heavy atom. The quantitative estimate of drug-likeness (QED) is 0.741. The maximum absolute atomic E-state index is 4.36. The Morgan fingerprint density at radius 3 is 2.20 bits per heavy atom. The molecule has 15 heavy (non-hydrogen) atoms. The van der Waals surface area contributed by atoms with E-state index in [1.54, 1.807) is 0 Å². The molecule has 1 heterocycles. The predicted octanol–water partition coefficient (Wildman–Crippen LogP) is 2.23. The van der Waals surface area contributed by atoms with Crippen molar-refractivity contribution in [1.29, 1.82) is 0 Å². The average Bonchev–Trinajstić information content (AvgIpc) is 2.26. The second-order valence-corrected chi connectivity index (χ2v) is 4.01. The maximum atomic E-state index is 4.36. The third kappa shape index (κ3) is 3.59. The van der Waals surface area contributed by atoms with E-state index in [4.69, 9.17) is 0 Å². The molecule has 0 radical (unpaired) electrons. The van der Waals surface area contributed by atoms with Crippen LogP contribution in [0.4, 0.5) is 0 Å². The molecule has 1 aromatic heterocycles. The van der Waals surface area contributed by atoms with Gasteiger partial charge in [0.1, 0.15) is 5.82 Å². The van der Waals surface area contributed by atoms with Gasteiger partial charge >= 0.3 is 0 Å². The Hall–Kier alpha value is -0.960. The van der Waals surface area contributed by atoms with Crippen LogP contribution in [0, 0.1) is 6.92 Å². The largest absolute Gasteiger partial charge is 0.303 e. The smallest absolute Gasteiger partial charge is 0.132 e. The lowest BCUT2D eigenvalue weighted by molar-refractivity contribution is 0.285. The molecule has 0 aliphatic carbocycles. The highest BCUT2D eigenvalue weighted by molar-refractivity contribution is 5.04. The first-order valence-corrected chi connectivity index (χ1v) is 5.68. The number of likely N-dealkylation sites (N-methyl/N-ethyl adjacent to an activating group) is 1. The van der Waals surface area contributed by atoms with E-state index in [0.717, 1.165) is 31.0 Å². The molecule has 0 amide bonds. The Balaban J connectivity index is 2.60. The van der Waals surface area contributed by atoms with Crippen LogP contribution < -0.4 is 0 Å². The Kier molecular flexibility index (Phi) is 4.69. The molecule has 0 saturated carbocycles. The van der Waals surface area contributed by atoms with Gasteiger partial charge in [-0.15, -0.1) is 0 Å². The predicted molar refractivity (Wildman–Crippen MR) is 63.0 cm³/mol. The number of hydrogen-bond acceptors (Lipinski definition) is 3. The van der Waals surface area contributed by atoms with E-state index in [2.05, 4.69) is 35.6 Å². The molecule has 0 bridgehead atoms. The van der Waals surface area contributed by atoms with Crippen molar-refractivity contribution >= 4 is 0 Å². The van der Waals surface area contributed by atoms with Crippen LogP contribution in [0.15, 0.2) is 12.4 Å². The van der Waals surface area contributed by atoms with Gasteiger partial charge in [-0.2, -0.15) is 0 Å². The van der Waals surface area contributed by atoms with E-state index in [1.807, 2.05) is 19.3 Å². The molecule has 0 aliphatic heterocycles. The molecule has 1 atom stereocenters. The van der Waals surface area contributed by atoms with Crippen LogP contribution in [-0.4, -0.2) is 34.5 Å². The van der Waals surface area contributed by atoms with E-state index in [1.165, 1.54) is 0 Å². The van der Waals surface area contributed by atoms with Gasteiger partial charge in [0.15, 0.2) is 0 Å². The zero-order valence-electron chi connectivity index (χ0n) is 10.2. The van der Waals surface area contributed by atoms with Crippen LogP contribution in [0.5, 0.6) is 0 Å². The molecule has 0 spiro atoms. The molecule has 3 nitrogen and oxygen atoms in total. The summed E-state index contributed by atoms with van der Waals surface area (Å²) in [5.74, 6) is 1.36. The summed E-state index contributed by atoms with van der Waals surface area (Å²) in [6.07, 6.45) is 3.78. The third-order valence-corrected chi connectivity index (χ3v) is 2.67. The first-order chi connectivity index (χ1) is 7.17. The monoisotopic (exact) mass is 207 g/mol. The number of aromatic nitrogens is 2. The first-order valence-electron chi connectivity index (χ1n) is 5.68. The highest BCUT2D eigenvalue weighted by Crippen LogP contribution is 2.11. The van der Waals surface area contributed by atoms with E-state index in [9.17, 15) is 0 Å². The second-order valence-electron chi connectivity index (χ2n) is 4.01. The molecule has 0 fully saturated rings. The van der Waals surface area contributed by atoms with Crippen LogP contribution in [0.3, 0.4) is 0 Å². The van der Waals surface area contributed by atoms with Crippen molar-refractivity contribution < 1.29 is 0 Å². The lowest BCUT2D eigenvalue weighted by atomic mass is 10.1. The van der Waals surface area contributed by atoms with Crippen LogP contribution in [-0.2, 0) is 0 Å². The van der Waals surface area contributed by atoms with Crippen LogP contribution in [0.25, 0.3) is 0 Å². The van der Waals surface area contributed by atoms with Crippen molar-refractivity contribution in [1.82, 2.24) is 14.9 Å². The van der Waals surface area contributed by atoms with Gasteiger partial charge in [0.05, 0.1) is 0 Å². The summed E-state index contributed by atoms with van der Waals surface area (Å²) in [6, 6.07) is 0. The fraction of sp³-hybridized carbons (Fsp3) is 0.667. The summed E-state index contributed by atoms with van der Waals surface area (Å²) in [6.45, 7) is 11.8. The van der Waals surface area contributed by atoms with Gasteiger partial charge in [-0.3, -0.25) is 0 Å². The molecule has 0 saturated heterocycles. The zero-order chi connectivity index (χ0) is 11.3. The Labute approximate surface area is 92.6 Å². The molecule has 0 aliphatic rings. The summed E-state index contributed by atoms with van der Waals surface area (Å²) < 4.78 is 0. The van der Waals surface area contributed by atoms with Crippen molar-refractivity contribution in [3.8, 4) is 0 Å². The zero-order valence-corrected chi connectivity index (χ0v) is 10.2. The van der Waals surface area contributed by atoms with Gasteiger partial charge in [0, 0.05) is 24.9 Å². The molecule has 0 N–H and O–H groups in total. The minimum Gasteiger partial charge on any atom is -0.303 e. The van der Waals surface area contributed by atoms with E-state index in [-0.39, 0.29) is 0 Å². The fourth-order valence-electron chi connectivity index (χ4n) is 1.61. The topological polar surface area (TPSA) is 29.0 Å². The number of hydrogen-bond donors (Lipinski definition) is 0. The van der Waals surface area contributed by atoms with Crippen LogP contribution in [0.2, 0.25) is 0 Å². The normalized spacial score (nSPS) is 13.1. The number of aryl methyl sites for hydroxylation is 1. The molecule has 84 valence electrons. The first kappa shape index (κ1) is 12.1. The molecular weight excluding hydrogens is 186 g/mol. The Bertz CT molecular complexity index is 277. The van der Waals surface area contributed by atoms with Crippen molar-refractivity contribution in [3.63, 3.8) is 0 Å². The van der Waals surface area contributed by atoms with Gasteiger partial charge in [-0.25, -0.2) is 9.97 Å². The van der Waals surface area contributed by atoms with Gasteiger partial charge in [0.2, 0.25) is 0 Å². The second kappa shape index (κ2) is 5.81. The number of nitrogens with zero attached hydrogens (tertiary/aromatic N) is 3. The van der Waals surface area contributed by atoms with Crippen molar-refractivity contribution in [3.05, 3.63) is 23.8 Å². The summed E-state index contributed by atoms with van der Waals surface area (Å²) in [7, 11) is 0. The van der Waals surface area contributed by atoms with Gasteiger partial charge in [-0.1, -0.05) is 20.8 Å². The summed E-state index contributed by atoms with van der Waals surface area (Å²) >= 11 is 0. The molecule has 3 heteroatoms. The van der Waals surface area contributed by atoms with Gasteiger partial charge < -0.3 is 4.90 Å². The Morgan fingerprint density at radius 2 is 1.73 bits per heavy atom. The lowest BCUT2D eigenvalue weighted by Gasteiger charge is -2.21. The highest BCUT2D eigenvalue weighted by Gasteiger charge is 2.11. The molecular formula is C12H21N3. The van der Waals surface area contributed by atoms with Crippen molar-refractivity contribution in [2.75, 3.05) is 19.6 Å². The van der Waals surface area contributed by atoms with E-state index >= 15 is 0 Å². The van der Waals surface area contributed by atoms with Crippen LogP contribution in [0.1, 0.15) is 38.1 Å². The fourth-order valence-corrected chi connectivity index (χ4v) is 1.61. The van der Waals surface area contributed by atoms with Gasteiger partial charge in [0.25, 0.3) is 0 Å². The van der Waals surface area contributed by atoms with E-state index < -0.39 is 0 Å². The van der Waals surface area contributed by atoms with Gasteiger partial charge in [-0.05, 0) is 25.6 Å². The summed E-state index contributed by atoms with van der Waals surface area (Å²) in [5, 5.41) is 0. The SMILES string of the molecule is CCN(CC)CC(C)c1ncc(C)cn1. The molecule has 1 unspecified atom stereocenters. The summed E-state index contributed by atoms with van der Waals surface area (Å²) in [5.41, 5.74) is 1.12. The molecule has 0 aromatic carbocycles.